The molecular formula is C32H31N3O. The number of pyridine rings is 1. The monoisotopic (exact) mass is 473 g/mol. The van der Waals surface area contributed by atoms with Gasteiger partial charge in [0.05, 0.1) is 6.54 Å². The zero-order valence-corrected chi connectivity index (χ0v) is 20.5. The van der Waals surface area contributed by atoms with Crippen LogP contribution in [-0.4, -0.2) is 41.0 Å². The molecule has 0 spiro atoms. The van der Waals surface area contributed by atoms with Crippen molar-refractivity contribution in [2.75, 3.05) is 26.2 Å². The first-order valence-electron chi connectivity index (χ1n) is 12.8. The van der Waals surface area contributed by atoms with Crippen LogP contribution < -0.4 is 0 Å². The highest BCUT2D eigenvalue weighted by atomic mass is 16.3. The summed E-state index contributed by atoms with van der Waals surface area (Å²) in [6.07, 6.45) is 4.88. The van der Waals surface area contributed by atoms with E-state index in [1.165, 1.54) is 28.7 Å². The minimum atomic E-state index is 0.853. The zero-order valence-electron chi connectivity index (χ0n) is 20.5. The predicted molar refractivity (Wildman–Crippen MR) is 146 cm³/mol. The van der Waals surface area contributed by atoms with Crippen LogP contribution in [0.15, 0.2) is 108 Å². The predicted octanol–water partition coefficient (Wildman–Crippen LogP) is 6.87. The Balaban J connectivity index is 1.11. The second kappa shape index (κ2) is 10.5. The van der Waals surface area contributed by atoms with Crippen LogP contribution in [0.1, 0.15) is 17.7 Å². The number of rotatable bonds is 6. The smallest absolute Gasteiger partial charge is 0.134 e. The van der Waals surface area contributed by atoms with Gasteiger partial charge in [0, 0.05) is 43.0 Å². The molecular weight excluding hydrogens is 442 g/mol. The molecule has 4 heteroatoms. The van der Waals surface area contributed by atoms with Crippen molar-refractivity contribution in [3.05, 3.63) is 115 Å². The number of fused-ring (bicyclic) bond motifs is 1. The van der Waals surface area contributed by atoms with Gasteiger partial charge in [0.1, 0.15) is 11.3 Å². The summed E-state index contributed by atoms with van der Waals surface area (Å²) >= 11 is 0. The molecule has 0 amide bonds. The number of aromatic nitrogens is 1. The van der Waals surface area contributed by atoms with E-state index >= 15 is 0 Å². The molecule has 36 heavy (non-hydrogen) atoms. The van der Waals surface area contributed by atoms with E-state index in [0.29, 0.717) is 0 Å². The summed E-state index contributed by atoms with van der Waals surface area (Å²) in [5.41, 5.74) is 7.28. The third kappa shape index (κ3) is 5.11. The quantitative estimate of drug-likeness (QED) is 0.269. The third-order valence-electron chi connectivity index (χ3n) is 7.12. The van der Waals surface area contributed by atoms with Crippen molar-refractivity contribution in [2.24, 2.45) is 0 Å². The Morgan fingerprint density at radius 3 is 2.28 bits per heavy atom. The molecule has 0 N–H and O–H groups in total. The average molecular weight is 474 g/mol. The van der Waals surface area contributed by atoms with Gasteiger partial charge in [0.15, 0.2) is 0 Å². The van der Waals surface area contributed by atoms with E-state index in [-0.39, 0.29) is 0 Å². The van der Waals surface area contributed by atoms with Gasteiger partial charge in [-0.05, 0) is 66.0 Å². The molecule has 3 heterocycles. The highest BCUT2D eigenvalue weighted by molar-refractivity contribution is 5.84. The lowest BCUT2D eigenvalue weighted by Crippen LogP contribution is -2.30. The fourth-order valence-corrected chi connectivity index (χ4v) is 5.25. The lowest BCUT2D eigenvalue weighted by atomic mass is 9.99. The summed E-state index contributed by atoms with van der Waals surface area (Å²) in [5, 5.41) is 1.15. The van der Waals surface area contributed by atoms with Gasteiger partial charge in [-0.15, -0.1) is 0 Å². The van der Waals surface area contributed by atoms with Gasteiger partial charge < -0.3 is 4.42 Å². The van der Waals surface area contributed by atoms with Gasteiger partial charge in [-0.2, -0.15) is 0 Å². The van der Waals surface area contributed by atoms with E-state index in [1.807, 2.05) is 18.5 Å². The molecule has 6 rings (SSSR count). The lowest BCUT2D eigenvalue weighted by molar-refractivity contribution is 0.236. The maximum absolute atomic E-state index is 6.22. The van der Waals surface area contributed by atoms with Gasteiger partial charge in [-0.1, -0.05) is 66.7 Å². The van der Waals surface area contributed by atoms with Crippen LogP contribution >= 0.6 is 0 Å². The average Bonchev–Trinajstić information content (AvgIpc) is 3.21. The molecule has 0 saturated carbocycles. The Morgan fingerprint density at radius 1 is 0.667 bits per heavy atom. The SMILES string of the molecule is c1ccc(-c2ccccc2CN2CCCN(Cc3cc4cc(-c5cccnc5)ccc4o3)CC2)cc1. The van der Waals surface area contributed by atoms with Gasteiger partial charge in [-0.25, -0.2) is 0 Å². The molecule has 1 aliphatic rings. The van der Waals surface area contributed by atoms with E-state index in [2.05, 4.69) is 99.7 Å². The molecule has 0 aliphatic carbocycles. The van der Waals surface area contributed by atoms with E-state index in [4.69, 9.17) is 4.42 Å². The largest absolute Gasteiger partial charge is 0.460 e. The fourth-order valence-electron chi connectivity index (χ4n) is 5.25. The zero-order chi connectivity index (χ0) is 24.2. The summed E-state index contributed by atoms with van der Waals surface area (Å²) in [4.78, 5) is 9.38. The molecule has 2 aromatic heterocycles. The summed E-state index contributed by atoms with van der Waals surface area (Å²) in [6.45, 7) is 6.16. The highest BCUT2D eigenvalue weighted by Crippen LogP contribution is 2.28. The molecule has 0 unspecified atom stereocenters. The van der Waals surface area contributed by atoms with Crippen LogP contribution in [0.25, 0.3) is 33.2 Å². The van der Waals surface area contributed by atoms with Crippen molar-refractivity contribution in [3.8, 4) is 22.3 Å². The maximum Gasteiger partial charge on any atom is 0.134 e. The van der Waals surface area contributed by atoms with Crippen molar-refractivity contribution >= 4 is 11.0 Å². The van der Waals surface area contributed by atoms with E-state index in [1.54, 1.807) is 0 Å². The van der Waals surface area contributed by atoms with Crippen LogP contribution in [0.4, 0.5) is 0 Å². The second-order valence-corrected chi connectivity index (χ2v) is 9.64. The molecule has 180 valence electrons. The Morgan fingerprint density at radius 2 is 1.44 bits per heavy atom. The standard InChI is InChI=1S/C32H31N3O/c1-2-8-25(9-3-1)31-12-5-4-10-28(31)23-34-16-7-17-35(19-18-34)24-30-21-29-20-26(13-14-32(29)36-30)27-11-6-15-33-22-27/h1-6,8-15,20-22H,7,16-19,23-24H2. The molecule has 0 radical (unpaired) electrons. The second-order valence-electron chi connectivity index (χ2n) is 9.64. The number of hydrogen-bond donors (Lipinski definition) is 0. The van der Waals surface area contributed by atoms with E-state index in [9.17, 15) is 0 Å². The summed E-state index contributed by atoms with van der Waals surface area (Å²) in [6, 6.07) is 32.2. The highest BCUT2D eigenvalue weighted by Gasteiger charge is 2.18. The van der Waals surface area contributed by atoms with E-state index < -0.39 is 0 Å². The molecule has 0 bridgehead atoms. The molecule has 1 fully saturated rings. The minimum absolute atomic E-state index is 0.853. The van der Waals surface area contributed by atoms with Crippen LogP contribution in [0.5, 0.6) is 0 Å². The minimum Gasteiger partial charge on any atom is -0.460 e. The Kier molecular flexibility index (Phi) is 6.62. The van der Waals surface area contributed by atoms with Gasteiger partial charge >= 0.3 is 0 Å². The number of furan rings is 1. The molecule has 3 aromatic carbocycles. The van der Waals surface area contributed by atoms with Gasteiger partial charge in [-0.3, -0.25) is 14.8 Å². The molecule has 0 atom stereocenters. The van der Waals surface area contributed by atoms with E-state index in [0.717, 1.165) is 61.6 Å². The first-order chi connectivity index (χ1) is 17.8. The molecule has 1 aliphatic heterocycles. The maximum atomic E-state index is 6.22. The van der Waals surface area contributed by atoms with Crippen molar-refractivity contribution < 1.29 is 4.42 Å². The molecule has 4 nitrogen and oxygen atoms in total. The van der Waals surface area contributed by atoms with Crippen LogP contribution in [0.3, 0.4) is 0 Å². The van der Waals surface area contributed by atoms with Crippen LogP contribution in [-0.2, 0) is 13.1 Å². The first kappa shape index (κ1) is 22.7. The number of nitrogens with zero attached hydrogens (tertiary/aromatic N) is 3. The normalized spacial score (nSPS) is 15.2. The topological polar surface area (TPSA) is 32.5 Å². The Hall–Kier alpha value is -3.73. The van der Waals surface area contributed by atoms with Crippen molar-refractivity contribution in [3.63, 3.8) is 0 Å². The summed E-state index contributed by atoms with van der Waals surface area (Å²) in [5.74, 6) is 1.04. The summed E-state index contributed by atoms with van der Waals surface area (Å²) in [7, 11) is 0. The number of benzene rings is 3. The Bertz CT molecular complexity index is 1430. The first-order valence-corrected chi connectivity index (χ1v) is 12.8. The van der Waals surface area contributed by atoms with Crippen molar-refractivity contribution in [2.45, 2.75) is 19.5 Å². The molecule has 5 aromatic rings. The van der Waals surface area contributed by atoms with Gasteiger partial charge in [0.25, 0.3) is 0 Å². The van der Waals surface area contributed by atoms with Crippen molar-refractivity contribution in [1.29, 1.82) is 0 Å². The number of hydrogen-bond acceptors (Lipinski definition) is 4. The fraction of sp³-hybridized carbons (Fsp3) is 0.219. The van der Waals surface area contributed by atoms with Gasteiger partial charge in [0.2, 0.25) is 0 Å². The van der Waals surface area contributed by atoms with Crippen molar-refractivity contribution in [1.82, 2.24) is 14.8 Å². The lowest BCUT2D eigenvalue weighted by Gasteiger charge is -2.22. The third-order valence-corrected chi connectivity index (χ3v) is 7.12. The molecule has 1 saturated heterocycles. The Labute approximate surface area is 212 Å². The summed E-state index contributed by atoms with van der Waals surface area (Å²) < 4.78 is 6.22. The van der Waals surface area contributed by atoms with Crippen LogP contribution in [0, 0.1) is 0 Å². The van der Waals surface area contributed by atoms with Crippen LogP contribution in [0.2, 0.25) is 0 Å².